The lowest BCUT2D eigenvalue weighted by Gasteiger charge is -2.20. The van der Waals surface area contributed by atoms with Gasteiger partial charge in [0.25, 0.3) is 0 Å². The van der Waals surface area contributed by atoms with Crippen LogP contribution in [-0.4, -0.2) is 24.5 Å². The molecule has 1 aromatic rings. The third kappa shape index (κ3) is 3.20. The van der Waals surface area contributed by atoms with E-state index in [1.165, 1.54) is 4.90 Å². The second-order valence-electron chi connectivity index (χ2n) is 3.91. The summed E-state index contributed by atoms with van der Waals surface area (Å²) < 4.78 is 5.64. The molecule has 0 atom stereocenters. The SMILES string of the molecule is CNC(=O)N1C=CC(Oc2cc(Cl)ccc2N)=CC1. The number of urea groups is 1. The molecule has 0 saturated heterocycles. The van der Waals surface area contributed by atoms with E-state index in [0.29, 0.717) is 28.8 Å². The van der Waals surface area contributed by atoms with Crippen LogP contribution in [0.4, 0.5) is 10.5 Å². The number of ether oxygens (including phenoxy) is 1. The van der Waals surface area contributed by atoms with Crippen LogP contribution in [0, 0.1) is 0 Å². The number of carbonyl (C=O) groups excluding carboxylic acids is 1. The van der Waals surface area contributed by atoms with Gasteiger partial charge in [-0.2, -0.15) is 0 Å². The van der Waals surface area contributed by atoms with E-state index < -0.39 is 0 Å². The van der Waals surface area contributed by atoms with Crippen LogP contribution >= 0.6 is 11.6 Å². The van der Waals surface area contributed by atoms with Crippen LogP contribution in [0.2, 0.25) is 5.02 Å². The molecule has 100 valence electrons. The third-order valence-corrected chi connectivity index (χ3v) is 2.82. The fraction of sp³-hybridized carbons (Fsp3) is 0.154. The Morgan fingerprint density at radius 3 is 2.95 bits per heavy atom. The normalized spacial score (nSPS) is 14.0. The molecule has 0 radical (unpaired) electrons. The highest BCUT2D eigenvalue weighted by atomic mass is 35.5. The summed E-state index contributed by atoms with van der Waals surface area (Å²) in [4.78, 5) is 12.9. The Morgan fingerprint density at radius 1 is 1.53 bits per heavy atom. The molecule has 0 aromatic heterocycles. The van der Waals surface area contributed by atoms with Gasteiger partial charge in [0.15, 0.2) is 5.75 Å². The van der Waals surface area contributed by atoms with Gasteiger partial charge in [0.1, 0.15) is 5.76 Å². The zero-order valence-electron chi connectivity index (χ0n) is 10.4. The third-order valence-electron chi connectivity index (χ3n) is 2.59. The molecule has 0 unspecified atom stereocenters. The number of allylic oxidation sites excluding steroid dienone is 1. The number of hydrogen-bond donors (Lipinski definition) is 2. The molecule has 0 aliphatic carbocycles. The highest BCUT2D eigenvalue weighted by molar-refractivity contribution is 6.30. The number of rotatable bonds is 2. The van der Waals surface area contributed by atoms with Crippen LogP contribution in [0.1, 0.15) is 0 Å². The van der Waals surface area contributed by atoms with Crippen LogP contribution < -0.4 is 15.8 Å². The van der Waals surface area contributed by atoms with Crippen molar-refractivity contribution in [2.24, 2.45) is 0 Å². The first-order valence-electron chi connectivity index (χ1n) is 5.70. The summed E-state index contributed by atoms with van der Waals surface area (Å²) in [5.74, 6) is 1.12. The number of halogens is 1. The van der Waals surface area contributed by atoms with E-state index in [2.05, 4.69) is 5.32 Å². The largest absolute Gasteiger partial charge is 0.455 e. The average molecular weight is 280 g/mol. The predicted octanol–water partition coefficient (Wildman–Crippen LogP) is 2.35. The Hall–Kier alpha value is -2.14. The topological polar surface area (TPSA) is 67.6 Å². The Bertz CT molecular complexity index is 555. The number of nitrogens with zero attached hydrogens (tertiary/aromatic N) is 1. The molecule has 0 saturated carbocycles. The van der Waals surface area contributed by atoms with Crippen molar-refractivity contribution < 1.29 is 9.53 Å². The van der Waals surface area contributed by atoms with Gasteiger partial charge in [-0.25, -0.2) is 4.79 Å². The Balaban J connectivity index is 2.06. The summed E-state index contributed by atoms with van der Waals surface area (Å²) in [5.41, 5.74) is 6.30. The fourth-order valence-electron chi connectivity index (χ4n) is 1.57. The highest BCUT2D eigenvalue weighted by Crippen LogP contribution is 2.27. The molecule has 19 heavy (non-hydrogen) atoms. The van der Waals surface area contributed by atoms with E-state index in [1.54, 1.807) is 43.6 Å². The molecular formula is C13H14ClN3O2. The van der Waals surface area contributed by atoms with Crippen molar-refractivity contribution in [3.05, 3.63) is 47.3 Å². The molecule has 0 fully saturated rings. The standard InChI is InChI=1S/C13H14ClN3O2/c1-16-13(18)17-6-4-10(5-7-17)19-12-8-9(14)2-3-11(12)15/h2-6,8H,7,15H2,1H3,(H,16,18). The number of amides is 2. The van der Waals surface area contributed by atoms with Crippen LogP contribution in [0.15, 0.2) is 42.3 Å². The molecule has 6 heteroatoms. The number of nitrogen functional groups attached to an aromatic ring is 1. The van der Waals surface area contributed by atoms with Crippen molar-refractivity contribution in [1.29, 1.82) is 0 Å². The minimum Gasteiger partial charge on any atom is -0.455 e. The molecule has 1 aliphatic rings. The lowest BCUT2D eigenvalue weighted by molar-refractivity contribution is 0.220. The van der Waals surface area contributed by atoms with Crippen LogP contribution in [0.5, 0.6) is 5.75 Å². The molecule has 2 amide bonds. The minimum absolute atomic E-state index is 0.172. The molecule has 2 rings (SSSR count). The molecule has 3 N–H and O–H groups in total. The molecule has 5 nitrogen and oxygen atoms in total. The second-order valence-corrected chi connectivity index (χ2v) is 4.35. The van der Waals surface area contributed by atoms with Gasteiger partial charge in [0.05, 0.1) is 5.69 Å². The van der Waals surface area contributed by atoms with E-state index >= 15 is 0 Å². The van der Waals surface area contributed by atoms with Gasteiger partial charge in [0, 0.05) is 30.9 Å². The van der Waals surface area contributed by atoms with E-state index in [9.17, 15) is 4.79 Å². The zero-order valence-corrected chi connectivity index (χ0v) is 11.1. The van der Waals surface area contributed by atoms with E-state index in [1.807, 2.05) is 0 Å². The van der Waals surface area contributed by atoms with E-state index in [4.69, 9.17) is 22.1 Å². The van der Waals surface area contributed by atoms with Gasteiger partial charge in [-0.1, -0.05) is 11.6 Å². The highest BCUT2D eigenvalue weighted by Gasteiger charge is 2.12. The van der Waals surface area contributed by atoms with Crippen LogP contribution in [0.3, 0.4) is 0 Å². The molecule has 1 aromatic carbocycles. The van der Waals surface area contributed by atoms with E-state index in [-0.39, 0.29) is 6.03 Å². The Labute approximate surface area is 116 Å². The lowest BCUT2D eigenvalue weighted by Crippen LogP contribution is -2.35. The van der Waals surface area contributed by atoms with E-state index in [0.717, 1.165) is 0 Å². The van der Waals surface area contributed by atoms with Crippen molar-refractivity contribution in [3.63, 3.8) is 0 Å². The fourth-order valence-corrected chi connectivity index (χ4v) is 1.74. The number of nitrogens with two attached hydrogens (primary N) is 1. The molecular weight excluding hydrogens is 266 g/mol. The lowest BCUT2D eigenvalue weighted by atomic mass is 10.3. The van der Waals surface area contributed by atoms with Gasteiger partial charge in [-0.15, -0.1) is 0 Å². The summed E-state index contributed by atoms with van der Waals surface area (Å²) in [6, 6.07) is 4.86. The quantitative estimate of drug-likeness (QED) is 0.817. The smallest absolute Gasteiger partial charge is 0.321 e. The zero-order chi connectivity index (χ0) is 13.8. The van der Waals surface area contributed by atoms with Gasteiger partial charge in [-0.3, -0.25) is 4.90 Å². The van der Waals surface area contributed by atoms with Crippen molar-refractivity contribution in [2.75, 3.05) is 19.3 Å². The number of nitrogens with one attached hydrogen (secondary N) is 1. The Morgan fingerprint density at radius 2 is 2.32 bits per heavy atom. The number of anilines is 1. The maximum Gasteiger partial charge on any atom is 0.321 e. The summed E-state index contributed by atoms with van der Waals surface area (Å²) in [6.07, 6.45) is 5.13. The minimum atomic E-state index is -0.172. The summed E-state index contributed by atoms with van der Waals surface area (Å²) >= 11 is 5.88. The number of benzene rings is 1. The van der Waals surface area contributed by atoms with Crippen molar-refractivity contribution in [3.8, 4) is 5.75 Å². The molecule has 0 bridgehead atoms. The molecule has 1 heterocycles. The van der Waals surface area contributed by atoms with Crippen LogP contribution in [-0.2, 0) is 0 Å². The number of carbonyl (C=O) groups is 1. The van der Waals surface area contributed by atoms with Crippen molar-refractivity contribution in [1.82, 2.24) is 10.2 Å². The monoisotopic (exact) mass is 279 g/mol. The van der Waals surface area contributed by atoms with Gasteiger partial charge in [-0.05, 0) is 24.3 Å². The first-order chi connectivity index (χ1) is 9.10. The van der Waals surface area contributed by atoms with Gasteiger partial charge < -0.3 is 15.8 Å². The van der Waals surface area contributed by atoms with Crippen LogP contribution in [0.25, 0.3) is 0 Å². The van der Waals surface area contributed by atoms with Crippen molar-refractivity contribution in [2.45, 2.75) is 0 Å². The maximum absolute atomic E-state index is 11.4. The first kappa shape index (κ1) is 13.3. The summed E-state index contributed by atoms with van der Waals surface area (Å²) in [5, 5.41) is 3.10. The molecule has 0 spiro atoms. The second kappa shape index (κ2) is 5.67. The first-order valence-corrected chi connectivity index (χ1v) is 6.07. The van der Waals surface area contributed by atoms with Gasteiger partial charge in [0.2, 0.25) is 0 Å². The number of hydrogen-bond acceptors (Lipinski definition) is 3. The predicted molar refractivity (Wildman–Crippen MR) is 74.9 cm³/mol. The average Bonchev–Trinajstić information content (AvgIpc) is 2.43. The van der Waals surface area contributed by atoms with Gasteiger partial charge >= 0.3 is 6.03 Å². The summed E-state index contributed by atoms with van der Waals surface area (Å²) in [6.45, 7) is 0.436. The molecule has 1 aliphatic heterocycles. The summed E-state index contributed by atoms with van der Waals surface area (Å²) in [7, 11) is 1.58. The Kier molecular flexibility index (Phi) is 3.97. The van der Waals surface area contributed by atoms with Crippen molar-refractivity contribution >= 4 is 23.3 Å². The maximum atomic E-state index is 11.4.